The fraction of sp³-hybridized carbons (Fsp3) is 0.154. The van der Waals surface area contributed by atoms with Gasteiger partial charge in [-0.25, -0.2) is 4.98 Å². The van der Waals surface area contributed by atoms with Crippen molar-refractivity contribution in [2.75, 3.05) is 0 Å². The summed E-state index contributed by atoms with van der Waals surface area (Å²) in [6.45, 7) is 1.77. The average molecular weight is 288 g/mol. The van der Waals surface area contributed by atoms with Crippen LogP contribution in [0.15, 0.2) is 36.5 Å². The van der Waals surface area contributed by atoms with Gasteiger partial charge in [0.05, 0.1) is 5.56 Å². The van der Waals surface area contributed by atoms with Gasteiger partial charge in [-0.2, -0.15) is 13.2 Å². The number of nitrogens with zero attached hydrogens (tertiary/aromatic N) is 1. The molecule has 6 heteroatoms. The van der Waals surface area contributed by atoms with Gasteiger partial charge in [0.1, 0.15) is 16.7 Å². The van der Waals surface area contributed by atoms with Crippen molar-refractivity contribution in [2.24, 2.45) is 0 Å². The number of ether oxygens (including phenoxy) is 1. The molecule has 0 atom stereocenters. The van der Waals surface area contributed by atoms with Crippen LogP contribution in [0.4, 0.5) is 13.2 Å². The molecule has 0 aliphatic carbocycles. The number of hydrogen-bond acceptors (Lipinski definition) is 2. The fourth-order valence-corrected chi connectivity index (χ4v) is 1.58. The van der Waals surface area contributed by atoms with Crippen LogP contribution >= 0.6 is 11.6 Å². The number of aryl methyl sites for hydroxylation is 1. The molecule has 1 aromatic carbocycles. The molecule has 0 bridgehead atoms. The summed E-state index contributed by atoms with van der Waals surface area (Å²) in [5.74, 6) is 0.762. The first-order valence-electron chi connectivity index (χ1n) is 5.33. The summed E-state index contributed by atoms with van der Waals surface area (Å²) in [4.78, 5) is 3.86. The first-order valence-corrected chi connectivity index (χ1v) is 5.71. The van der Waals surface area contributed by atoms with Crippen LogP contribution in [-0.2, 0) is 6.18 Å². The lowest BCUT2D eigenvalue weighted by molar-refractivity contribution is -0.137. The molecule has 19 heavy (non-hydrogen) atoms. The summed E-state index contributed by atoms with van der Waals surface area (Å²) in [6, 6.07) is 5.96. The van der Waals surface area contributed by atoms with Gasteiger partial charge in [0.2, 0.25) is 0 Å². The predicted octanol–water partition coefficient (Wildman–Crippen LogP) is 4.85. The topological polar surface area (TPSA) is 22.1 Å². The second-order valence-corrected chi connectivity index (χ2v) is 4.28. The number of aromatic nitrogens is 1. The third kappa shape index (κ3) is 3.38. The van der Waals surface area contributed by atoms with Gasteiger partial charge >= 0.3 is 6.18 Å². The lowest BCUT2D eigenvalue weighted by atomic mass is 10.2. The van der Waals surface area contributed by atoms with Gasteiger partial charge in [-0.15, -0.1) is 0 Å². The van der Waals surface area contributed by atoms with E-state index in [4.69, 9.17) is 16.3 Å². The summed E-state index contributed by atoms with van der Waals surface area (Å²) >= 11 is 5.73. The van der Waals surface area contributed by atoms with Crippen molar-refractivity contribution in [3.05, 3.63) is 52.8 Å². The van der Waals surface area contributed by atoms with Gasteiger partial charge in [-0.1, -0.05) is 11.6 Å². The first-order chi connectivity index (χ1) is 8.86. The number of alkyl halides is 3. The van der Waals surface area contributed by atoms with Crippen LogP contribution in [0.25, 0.3) is 0 Å². The Bertz CT molecular complexity index is 581. The Balaban J connectivity index is 2.22. The lowest BCUT2D eigenvalue weighted by Crippen LogP contribution is -2.04. The molecule has 0 fully saturated rings. The van der Waals surface area contributed by atoms with Crippen LogP contribution in [0, 0.1) is 6.92 Å². The maximum atomic E-state index is 12.4. The second-order valence-electron chi connectivity index (χ2n) is 3.90. The van der Waals surface area contributed by atoms with Gasteiger partial charge < -0.3 is 4.74 Å². The zero-order chi connectivity index (χ0) is 14.0. The predicted molar refractivity (Wildman–Crippen MR) is 65.5 cm³/mol. The minimum Gasteiger partial charge on any atom is -0.457 e. The van der Waals surface area contributed by atoms with Crippen molar-refractivity contribution in [3.63, 3.8) is 0 Å². The molecule has 0 unspecified atom stereocenters. The summed E-state index contributed by atoms with van der Waals surface area (Å²) < 4.78 is 42.7. The van der Waals surface area contributed by atoms with Gasteiger partial charge in [0.25, 0.3) is 0 Å². The van der Waals surface area contributed by atoms with Crippen molar-refractivity contribution in [1.29, 1.82) is 0 Å². The molecule has 0 saturated heterocycles. The third-order valence-corrected chi connectivity index (χ3v) is 2.64. The molecule has 0 N–H and O–H groups in total. The van der Waals surface area contributed by atoms with Gasteiger partial charge in [-0.05, 0) is 31.2 Å². The van der Waals surface area contributed by atoms with Crippen molar-refractivity contribution < 1.29 is 17.9 Å². The maximum Gasteiger partial charge on any atom is 0.416 e. The SMILES string of the molecule is Cc1cnc(Cl)cc1Oc1ccc(C(F)(F)F)cc1. The lowest BCUT2D eigenvalue weighted by Gasteiger charge is -2.10. The van der Waals surface area contributed by atoms with E-state index < -0.39 is 11.7 Å². The van der Waals surface area contributed by atoms with Crippen molar-refractivity contribution in [2.45, 2.75) is 13.1 Å². The standard InChI is InChI=1S/C13H9ClF3NO/c1-8-7-18-12(14)6-11(8)19-10-4-2-9(3-5-10)13(15,16)17/h2-7H,1H3. The van der Waals surface area contributed by atoms with Crippen LogP contribution in [0.5, 0.6) is 11.5 Å². The molecule has 2 rings (SSSR count). The summed E-state index contributed by atoms with van der Waals surface area (Å²) in [5, 5.41) is 0.257. The first kappa shape index (κ1) is 13.7. The molecule has 0 saturated carbocycles. The minimum atomic E-state index is -4.35. The van der Waals surface area contributed by atoms with Crippen molar-refractivity contribution in [3.8, 4) is 11.5 Å². The molecule has 1 aromatic heterocycles. The molecule has 2 nitrogen and oxygen atoms in total. The second kappa shape index (κ2) is 5.09. The number of rotatable bonds is 2. The molecular weight excluding hydrogens is 279 g/mol. The minimum absolute atomic E-state index is 0.257. The molecule has 0 aliphatic heterocycles. The largest absolute Gasteiger partial charge is 0.457 e. The Kier molecular flexibility index (Phi) is 3.66. The Hall–Kier alpha value is -1.75. The quantitative estimate of drug-likeness (QED) is 0.736. The van der Waals surface area contributed by atoms with Crippen LogP contribution in [0.1, 0.15) is 11.1 Å². The molecule has 1 heterocycles. The molecule has 0 spiro atoms. The Labute approximate surface area is 112 Å². The molecule has 100 valence electrons. The maximum absolute atomic E-state index is 12.4. The highest BCUT2D eigenvalue weighted by Crippen LogP contribution is 2.32. The fourth-order valence-electron chi connectivity index (χ4n) is 1.43. The van der Waals surface area contributed by atoms with Crippen LogP contribution < -0.4 is 4.74 Å². The van der Waals surface area contributed by atoms with E-state index in [1.165, 1.54) is 24.4 Å². The number of hydrogen-bond donors (Lipinski definition) is 0. The van der Waals surface area contributed by atoms with Gasteiger partial charge in [-0.3, -0.25) is 0 Å². The van der Waals surface area contributed by atoms with Crippen LogP contribution in [0.3, 0.4) is 0 Å². The molecule has 0 radical (unpaired) electrons. The normalized spacial score (nSPS) is 11.4. The number of halogens is 4. The van der Waals surface area contributed by atoms with Crippen molar-refractivity contribution in [1.82, 2.24) is 4.98 Å². The van der Waals surface area contributed by atoms with Crippen molar-refractivity contribution >= 4 is 11.6 Å². The van der Waals surface area contributed by atoms with E-state index in [0.717, 1.165) is 17.7 Å². The van der Waals surface area contributed by atoms with E-state index in [1.54, 1.807) is 6.92 Å². The van der Waals surface area contributed by atoms with Gasteiger partial charge in [0.15, 0.2) is 0 Å². The zero-order valence-corrected chi connectivity index (χ0v) is 10.6. The summed E-state index contributed by atoms with van der Waals surface area (Å²) in [5.41, 5.74) is 0.0219. The highest BCUT2D eigenvalue weighted by Gasteiger charge is 2.30. The zero-order valence-electron chi connectivity index (χ0n) is 9.83. The molecule has 0 aliphatic rings. The average Bonchev–Trinajstić information content (AvgIpc) is 2.33. The third-order valence-electron chi connectivity index (χ3n) is 2.43. The van der Waals surface area contributed by atoms with E-state index in [2.05, 4.69) is 4.98 Å². The van der Waals surface area contributed by atoms with E-state index >= 15 is 0 Å². The molecule has 2 aromatic rings. The van der Waals surface area contributed by atoms with Crippen LogP contribution in [-0.4, -0.2) is 4.98 Å². The number of benzene rings is 1. The Morgan fingerprint density at radius 3 is 2.37 bits per heavy atom. The highest BCUT2D eigenvalue weighted by atomic mass is 35.5. The van der Waals surface area contributed by atoms with Crippen LogP contribution in [0.2, 0.25) is 5.15 Å². The monoisotopic (exact) mass is 287 g/mol. The molecule has 0 amide bonds. The molecular formula is C13H9ClF3NO. The highest BCUT2D eigenvalue weighted by molar-refractivity contribution is 6.29. The Morgan fingerprint density at radius 1 is 1.16 bits per heavy atom. The van der Waals surface area contributed by atoms with E-state index in [0.29, 0.717) is 11.5 Å². The number of pyridine rings is 1. The van der Waals surface area contributed by atoms with Gasteiger partial charge in [0, 0.05) is 17.8 Å². The Morgan fingerprint density at radius 2 is 1.79 bits per heavy atom. The summed E-state index contributed by atoms with van der Waals surface area (Å²) in [7, 11) is 0. The van der Waals surface area contributed by atoms with E-state index in [1.807, 2.05) is 0 Å². The smallest absolute Gasteiger partial charge is 0.416 e. The van der Waals surface area contributed by atoms with E-state index in [9.17, 15) is 13.2 Å². The summed E-state index contributed by atoms with van der Waals surface area (Å²) in [6.07, 6.45) is -2.82. The van der Waals surface area contributed by atoms with E-state index in [-0.39, 0.29) is 5.15 Å².